The average Bonchev–Trinajstić information content (AvgIpc) is 3.07. The Bertz CT molecular complexity index is 938. The smallest absolute Gasteiger partial charge is 0.316 e. The number of rotatable bonds is 3. The van der Waals surface area contributed by atoms with Crippen LogP contribution in [0.5, 0.6) is 6.01 Å². The van der Waals surface area contributed by atoms with Crippen LogP contribution in [-0.2, 0) is 4.74 Å². The van der Waals surface area contributed by atoms with Crippen LogP contribution >= 0.6 is 0 Å². The van der Waals surface area contributed by atoms with Gasteiger partial charge in [0, 0.05) is 24.7 Å². The quantitative estimate of drug-likeness (QED) is 0.690. The van der Waals surface area contributed by atoms with Crippen LogP contribution in [0.25, 0.3) is 5.65 Å². The van der Waals surface area contributed by atoms with E-state index in [-0.39, 0.29) is 11.7 Å². The lowest BCUT2D eigenvalue weighted by molar-refractivity contribution is -0.127. The van der Waals surface area contributed by atoms with Crippen LogP contribution in [0.3, 0.4) is 0 Å². The number of ether oxygens (including phenoxy) is 2. The average molecular weight is 353 g/mol. The van der Waals surface area contributed by atoms with E-state index in [1.165, 1.54) is 0 Å². The number of hydrogen-bond donors (Lipinski definition) is 0. The predicted octanol–water partition coefficient (Wildman–Crippen LogP) is 1.04. The number of aryl methyl sites for hydroxylation is 1. The Kier molecular flexibility index (Phi) is 3.49. The second kappa shape index (κ2) is 5.87. The summed E-state index contributed by atoms with van der Waals surface area (Å²) >= 11 is 0. The molecule has 26 heavy (non-hydrogen) atoms. The maximum atomic E-state index is 6.10. The van der Waals surface area contributed by atoms with Crippen LogP contribution < -0.4 is 9.64 Å². The lowest BCUT2D eigenvalue weighted by atomic mass is 9.84. The SMILES string of the molecule is Cc1ccnc(O[C@@H]2CCOC3(C2)CN(c2ccc4nncn4n2)C3)n1. The summed E-state index contributed by atoms with van der Waals surface area (Å²) < 4.78 is 13.8. The van der Waals surface area contributed by atoms with Gasteiger partial charge in [0.1, 0.15) is 23.9 Å². The molecule has 0 aliphatic carbocycles. The molecule has 1 spiro atoms. The standard InChI is InChI=1S/C17H19N7O2/c1-12-4-6-18-16(20-12)26-13-5-7-25-17(8-13)9-23(10-17)15-3-2-14-21-19-11-24(14)22-15/h2-4,6,11,13H,5,7-10H2,1H3/t13-/m1/s1. The molecule has 9 heteroatoms. The number of nitrogens with zero attached hydrogens (tertiary/aromatic N) is 7. The van der Waals surface area contributed by atoms with Gasteiger partial charge in [0.2, 0.25) is 0 Å². The summed E-state index contributed by atoms with van der Waals surface area (Å²) in [6.07, 6.45) is 5.09. The van der Waals surface area contributed by atoms with Crippen molar-refractivity contribution in [3.8, 4) is 6.01 Å². The first-order chi connectivity index (χ1) is 12.7. The Morgan fingerprint density at radius 2 is 2.19 bits per heavy atom. The van der Waals surface area contributed by atoms with E-state index in [1.54, 1.807) is 17.0 Å². The summed E-state index contributed by atoms with van der Waals surface area (Å²) in [7, 11) is 0. The van der Waals surface area contributed by atoms with Gasteiger partial charge in [-0.05, 0) is 25.1 Å². The van der Waals surface area contributed by atoms with E-state index in [4.69, 9.17) is 9.47 Å². The summed E-state index contributed by atoms with van der Waals surface area (Å²) in [6, 6.07) is 6.20. The van der Waals surface area contributed by atoms with E-state index < -0.39 is 0 Å². The molecule has 0 amide bonds. The van der Waals surface area contributed by atoms with Crippen molar-refractivity contribution in [2.45, 2.75) is 31.5 Å². The van der Waals surface area contributed by atoms with Crippen LogP contribution in [0, 0.1) is 6.92 Å². The molecule has 0 aromatic carbocycles. The molecule has 1 atom stereocenters. The van der Waals surface area contributed by atoms with Crippen molar-refractivity contribution in [3.05, 3.63) is 36.4 Å². The fourth-order valence-corrected chi connectivity index (χ4v) is 3.63. The largest absolute Gasteiger partial charge is 0.460 e. The second-order valence-electron chi connectivity index (χ2n) is 6.93. The van der Waals surface area contributed by atoms with Gasteiger partial charge < -0.3 is 14.4 Å². The van der Waals surface area contributed by atoms with E-state index in [0.717, 1.165) is 43.1 Å². The third-order valence-electron chi connectivity index (χ3n) is 4.92. The molecule has 0 N–H and O–H groups in total. The number of aromatic nitrogens is 6. The summed E-state index contributed by atoms with van der Waals surface area (Å²) in [6.45, 7) is 4.20. The molecule has 9 nitrogen and oxygen atoms in total. The first-order valence-corrected chi connectivity index (χ1v) is 8.71. The lowest BCUT2D eigenvalue weighted by Crippen LogP contribution is -2.66. The highest BCUT2D eigenvalue weighted by Gasteiger charge is 2.49. The zero-order chi connectivity index (χ0) is 17.6. The van der Waals surface area contributed by atoms with Crippen molar-refractivity contribution in [3.63, 3.8) is 0 Å². The fraction of sp³-hybridized carbons (Fsp3) is 0.471. The number of anilines is 1. The van der Waals surface area contributed by atoms with Gasteiger partial charge in [-0.1, -0.05) is 0 Å². The van der Waals surface area contributed by atoms with Crippen LogP contribution in [0.2, 0.25) is 0 Å². The number of fused-ring (bicyclic) bond motifs is 1. The zero-order valence-electron chi connectivity index (χ0n) is 14.4. The van der Waals surface area contributed by atoms with Crippen LogP contribution in [0.4, 0.5) is 5.82 Å². The fourth-order valence-electron chi connectivity index (χ4n) is 3.63. The first kappa shape index (κ1) is 15.4. The molecule has 2 fully saturated rings. The van der Waals surface area contributed by atoms with Gasteiger partial charge in [-0.15, -0.1) is 15.3 Å². The van der Waals surface area contributed by atoms with Crippen LogP contribution in [0.1, 0.15) is 18.5 Å². The van der Waals surface area contributed by atoms with Crippen molar-refractivity contribution in [1.29, 1.82) is 0 Å². The van der Waals surface area contributed by atoms with Gasteiger partial charge in [0.25, 0.3) is 0 Å². The minimum absolute atomic E-state index is 0.0704. The van der Waals surface area contributed by atoms with E-state index in [9.17, 15) is 0 Å². The topological polar surface area (TPSA) is 90.6 Å². The predicted molar refractivity (Wildman–Crippen MR) is 92.1 cm³/mol. The van der Waals surface area contributed by atoms with Gasteiger partial charge in [-0.25, -0.2) is 9.97 Å². The van der Waals surface area contributed by atoms with Crippen LogP contribution in [0.15, 0.2) is 30.7 Å². The van der Waals surface area contributed by atoms with Gasteiger partial charge in [-0.2, -0.15) is 4.52 Å². The second-order valence-corrected chi connectivity index (χ2v) is 6.93. The lowest BCUT2D eigenvalue weighted by Gasteiger charge is -2.53. The van der Waals surface area contributed by atoms with Crippen LogP contribution in [-0.4, -0.2) is 61.2 Å². The Balaban J connectivity index is 1.26. The Morgan fingerprint density at radius 1 is 1.27 bits per heavy atom. The third kappa shape index (κ3) is 2.74. The van der Waals surface area contributed by atoms with E-state index in [2.05, 4.69) is 30.2 Å². The monoisotopic (exact) mass is 353 g/mol. The Labute approximate surface area is 150 Å². The van der Waals surface area contributed by atoms with E-state index in [0.29, 0.717) is 12.6 Å². The van der Waals surface area contributed by atoms with Gasteiger partial charge in [-0.3, -0.25) is 0 Å². The molecule has 3 aromatic heterocycles. The molecule has 5 rings (SSSR count). The number of hydrogen-bond acceptors (Lipinski definition) is 8. The zero-order valence-corrected chi connectivity index (χ0v) is 14.4. The van der Waals surface area contributed by atoms with Crippen molar-refractivity contribution in [2.75, 3.05) is 24.6 Å². The molecule has 5 heterocycles. The first-order valence-electron chi connectivity index (χ1n) is 8.71. The molecule has 134 valence electrons. The summed E-state index contributed by atoms with van der Waals surface area (Å²) in [5, 5.41) is 12.4. The maximum Gasteiger partial charge on any atom is 0.316 e. The molecule has 0 radical (unpaired) electrons. The molecule has 2 aliphatic heterocycles. The summed E-state index contributed by atoms with van der Waals surface area (Å²) in [5.74, 6) is 0.900. The highest BCUT2D eigenvalue weighted by Crippen LogP contribution is 2.37. The molecule has 0 unspecified atom stereocenters. The third-order valence-corrected chi connectivity index (χ3v) is 4.92. The molecule has 0 saturated carbocycles. The van der Waals surface area contributed by atoms with Crippen molar-refractivity contribution in [1.82, 2.24) is 29.8 Å². The highest BCUT2D eigenvalue weighted by molar-refractivity contribution is 5.48. The normalized spacial score (nSPS) is 21.7. The Hall–Kier alpha value is -2.81. The minimum atomic E-state index is -0.184. The van der Waals surface area contributed by atoms with Crippen molar-refractivity contribution in [2.24, 2.45) is 0 Å². The van der Waals surface area contributed by atoms with Gasteiger partial charge in [0.15, 0.2) is 5.65 Å². The Morgan fingerprint density at radius 3 is 3.08 bits per heavy atom. The molecular weight excluding hydrogens is 334 g/mol. The molecule has 0 bridgehead atoms. The maximum absolute atomic E-state index is 6.10. The molecular formula is C17H19N7O2. The highest BCUT2D eigenvalue weighted by atomic mass is 16.5. The molecule has 3 aromatic rings. The van der Waals surface area contributed by atoms with Gasteiger partial charge >= 0.3 is 6.01 Å². The minimum Gasteiger partial charge on any atom is -0.460 e. The van der Waals surface area contributed by atoms with E-state index >= 15 is 0 Å². The molecule has 2 saturated heterocycles. The van der Waals surface area contributed by atoms with Crippen molar-refractivity contribution >= 4 is 11.5 Å². The van der Waals surface area contributed by atoms with Gasteiger partial charge in [0.05, 0.1) is 19.7 Å². The van der Waals surface area contributed by atoms with E-state index in [1.807, 2.05) is 25.1 Å². The summed E-state index contributed by atoms with van der Waals surface area (Å²) in [4.78, 5) is 10.7. The molecule has 2 aliphatic rings. The summed E-state index contributed by atoms with van der Waals surface area (Å²) in [5.41, 5.74) is 1.46. The van der Waals surface area contributed by atoms with Crippen molar-refractivity contribution < 1.29 is 9.47 Å².